The van der Waals surface area contributed by atoms with Crippen molar-refractivity contribution in [3.63, 3.8) is 0 Å². The second-order valence-electron chi connectivity index (χ2n) is 2.43. The minimum absolute atomic E-state index is 0.227. The van der Waals surface area contributed by atoms with E-state index in [0.29, 0.717) is 0 Å². The van der Waals surface area contributed by atoms with Gasteiger partial charge in [0.25, 0.3) is 0 Å². The van der Waals surface area contributed by atoms with Crippen molar-refractivity contribution >= 4 is 35.2 Å². The van der Waals surface area contributed by atoms with Gasteiger partial charge in [0.15, 0.2) is 0 Å². The Morgan fingerprint density at radius 2 is 1.93 bits per heavy atom. The summed E-state index contributed by atoms with van der Waals surface area (Å²) in [6.45, 7) is 0. The van der Waals surface area contributed by atoms with Crippen LogP contribution in [0.25, 0.3) is 0 Å². The summed E-state index contributed by atoms with van der Waals surface area (Å²) in [6.07, 6.45) is -4.54. The molecule has 0 aliphatic rings. The van der Waals surface area contributed by atoms with Gasteiger partial charge in [-0.25, -0.2) is 0 Å². The Balaban J connectivity index is 3.56. The van der Waals surface area contributed by atoms with E-state index < -0.39 is 11.7 Å². The number of rotatable bonds is 0. The summed E-state index contributed by atoms with van der Waals surface area (Å²) in [6, 6.07) is 4.19. The number of nitrogens with zero attached hydrogens (tertiary/aromatic N) is 1. The zero-order valence-corrected chi connectivity index (χ0v) is 9.61. The van der Waals surface area contributed by atoms with Crippen LogP contribution in [0.4, 0.5) is 13.2 Å². The average Bonchev–Trinajstić information content (AvgIpc) is 2.06. The molecule has 0 aliphatic carbocycles. The molecule has 14 heavy (non-hydrogen) atoms. The van der Waals surface area contributed by atoms with Gasteiger partial charge in [0.2, 0.25) is 0 Å². The Labute approximate surface area is 97.5 Å². The third-order valence-electron chi connectivity index (χ3n) is 1.53. The smallest absolute Gasteiger partial charge is 0.192 e. The van der Waals surface area contributed by atoms with Crippen LogP contribution in [-0.4, -0.2) is 0 Å². The van der Waals surface area contributed by atoms with E-state index in [0.717, 1.165) is 0 Å². The molecule has 0 amide bonds. The predicted molar refractivity (Wildman–Crippen MR) is 56.1 cm³/mol. The zero-order valence-electron chi connectivity index (χ0n) is 6.56. The largest absolute Gasteiger partial charge is 0.418 e. The fraction of sp³-hybridized carbons (Fsp3) is 0.125. The molecule has 0 aromatic heterocycles. The Bertz CT molecular complexity index is 408. The van der Waals surface area contributed by atoms with Crippen LogP contribution in [0.2, 0.25) is 0 Å². The van der Waals surface area contributed by atoms with E-state index in [1.807, 2.05) is 0 Å². The van der Waals surface area contributed by atoms with E-state index >= 15 is 0 Å². The summed E-state index contributed by atoms with van der Waals surface area (Å²) in [5.74, 6) is 0. The monoisotopic (exact) mass is 329 g/mol. The van der Waals surface area contributed by atoms with E-state index in [9.17, 15) is 13.2 Å². The van der Waals surface area contributed by atoms with E-state index in [4.69, 9.17) is 5.26 Å². The molecular formula is C8H3F3INS. The topological polar surface area (TPSA) is 23.8 Å². The van der Waals surface area contributed by atoms with Gasteiger partial charge in [-0.2, -0.15) is 18.4 Å². The van der Waals surface area contributed by atoms with Gasteiger partial charge in [-0.3, -0.25) is 0 Å². The molecule has 1 aromatic carbocycles. The normalized spacial score (nSPS) is 11.1. The molecule has 74 valence electrons. The molecule has 0 radical (unpaired) electrons. The summed E-state index contributed by atoms with van der Waals surface area (Å²) < 4.78 is 37.7. The Morgan fingerprint density at radius 3 is 2.29 bits per heavy atom. The molecule has 0 saturated carbocycles. The molecule has 0 aliphatic heterocycles. The van der Waals surface area contributed by atoms with Crippen molar-refractivity contribution in [3.8, 4) is 6.07 Å². The van der Waals surface area contributed by atoms with Crippen molar-refractivity contribution in [1.82, 2.24) is 0 Å². The molecule has 1 aromatic rings. The first kappa shape index (κ1) is 11.7. The van der Waals surface area contributed by atoms with Gasteiger partial charge in [-0.15, -0.1) is 12.6 Å². The maximum absolute atomic E-state index is 12.5. The summed E-state index contributed by atoms with van der Waals surface area (Å²) in [5, 5.41) is 8.60. The lowest BCUT2D eigenvalue weighted by Crippen LogP contribution is -2.10. The van der Waals surface area contributed by atoms with Crippen molar-refractivity contribution in [2.24, 2.45) is 0 Å². The number of thiol groups is 1. The minimum atomic E-state index is -4.54. The number of hydrogen-bond donors (Lipinski definition) is 1. The fourth-order valence-corrected chi connectivity index (χ4v) is 1.85. The number of benzene rings is 1. The van der Waals surface area contributed by atoms with Crippen molar-refractivity contribution in [2.75, 3.05) is 0 Å². The second-order valence-corrected chi connectivity index (χ2v) is 4.07. The van der Waals surface area contributed by atoms with Crippen LogP contribution in [0.1, 0.15) is 11.1 Å². The molecule has 1 nitrogen and oxygen atoms in total. The van der Waals surface area contributed by atoms with E-state index in [1.54, 1.807) is 22.6 Å². The third kappa shape index (κ3) is 2.15. The maximum atomic E-state index is 12.5. The Hall–Kier alpha value is -0.420. The standard InChI is InChI=1S/C8H3F3INS/c9-8(10,11)7-4(3-13)5(12)1-2-6(7)14/h1-2,14H. The number of alkyl halides is 3. The fourth-order valence-electron chi connectivity index (χ4n) is 0.963. The van der Waals surface area contributed by atoms with Crippen LogP contribution >= 0.6 is 35.2 Å². The number of hydrogen-bond acceptors (Lipinski definition) is 2. The van der Waals surface area contributed by atoms with Gasteiger partial charge >= 0.3 is 6.18 Å². The molecule has 6 heteroatoms. The van der Waals surface area contributed by atoms with Crippen LogP contribution in [0.15, 0.2) is 17.0 Å². The minimum Gasteiger partial charge on any atom is -0.192 e. The number of nitriles is 1. The predicted octanol–water partition coefficient (Wildman–Crippen LogP) is 3.47. The quantitative estimate of drug-likeness (QED) is 0.572. The first-order valence-electron chi connectivity index (χ1n) is 3.36. The molecular weight excluding hydrogens is 326 g/mol. The molecule has 0 unspecified atom stereocenters. The van der Waals surface area contributed by atoms with Gasteiger partial charge in [0, 0.05) is 8.47 Å². The third-order valence-corrected chi connectivity index (χ3v) is 2.80. The molecule has 0 bridgehead atoms. The lowest BCUT2D eigenvalue weighted by molar-refractivity contribution is -0.140. The van der Waals surface area contributed by atoms with Crippen LogP contribution in [0.3, 0.4) is 0 Å². The first-order chi connectivity index (χ1) is 6.38. The lowest BCUT2D eigenvalue weighted by Gasteiger charge is -2.11. The summed E-state index contributed by atoms with van der Waals surface area (Å²) >= 11 is 5.37. The van der Waals surface area contributed by atoms with E-state index in [1.165, 1.54) is 18.2 Å². The van der Waals surface area contributed by atoms with Crippen molar-refractivity contribution < 1.29 is 13.2 Å². The van der Waals surface area contributed by atoms with Gasteiger partial charge in [0.1, 0.15) is 6.07 Å². The van der Waals surface area contributed by atoms with Gasteiger partial charge in [-0.05, 0) is 34.7 Å². The van der Waals surface area contributed by atoms with Gasteiger partial charge in [0.05, 0.1) is 11.1 Å². The molecule has 0 atom stereocenters. The highest BCUT2D eigenvalue weighted by molar-refractivity contribution is 14.1. The summed E-state index contributed by atoms with van der Waals surface area (Å²) in [4.78, 5) is -0.227. The number of halogens is 4. The van der Waals surface area contributed by atoms with Crippen LogP contribution in [0.5, 0.6) is 0 Å². The highest BCUT2D eigenvalue weighted by Gasteiger charge is 2.36. The zero-order chi connectivity index (χ0) is 10.9. The Kier molecular flexibility index (Phi) is 3.32. The van der Waals surface area contributed by atoms with E-state index in [-0.39, 0.29) is 14.0 Å². The second kappa shape index (κ2) is 3.98. The van der Waals surface area contributed by atoms with Gasteiger partial charge < -0.3 is 0 Å². The molecule has 0 fully saturated rings. The summed E-state index contributed by atoms with van der Waals surface area (Å²) in [5.41, 5.74) is -1.33. The first-order valence-corrected chi connectivity index (χ1v) is 4.89. The van der Waals surface area contributed by atoms with Gasteiger partial charge in [-0.1, -0.05) is 0 Å². The highest BCUT2D eigenvalue weighted by atomic mass is 127. The van der Waals surface area contributed by atoms with Crippen molar-refractivity contribution in [3.05, 3.63) is 26.8 Å². The van der Waals surface area contributed by atoms with Crippen molar-refractivity contribution in [2.45, 2.75) is 11.1 Å². The molecule has 0 N–H and O–H groups in total. The molecule has 0 saturated heterocycles. The molecule has 0 heterocycles. The maximum Gasteiger partial charge on any atom is 0.418 e. The van der Waals surface area contributed by atoms with Crippen molar-refractivity contribution in [1.29, 1.82) is 5.26 Å². The van der Waals surface area contributed by atoms with Crippen LogP contribution in [-0.2, 0) is 6.18 Å². The molecule has 1 rings (SSSR count). The average molecular weight is 329 g/mol. The molecule has 0 spiro atoms. The van der Waals surface area contributed by atoms with E-state index in [2.05, 4.69) is 12.6 Å². The van der Waals surface area contributed by atoms with Crippen LogP contribution in [0, 0.1) is 14.9 Å². The highest BCUT2D eigenvalue weighted by Crippen LogP contribution is 2.37. The SMILES string of the molecule is N#Cc1c(I)ccc(S)c1C(F)(F)F. The lowest BCUT2D eigenvalue weighted by atomic mass is 10.1. The Morgan fingerprint density at radius 1 is 1.36 bits per heavy atom. The van der Waals surface area contributed by atoms with Crippen LogP contribution < -0.4 is 0 Å². The summed E-state index contributed by atoms with van der Waals surface area (Å²) in [7, 11) is 0.